The topological polar surface area (TPSA) is 57.2 Å². The summed E-state index contributed by atoms with van der Waals surface area (Å²) in [4.78, 5) is 15.9. The number of halogens is 1. The van der Waals surface area contributed by atoms with Gasteiger partial charge in [0, 0.05) is 34.5 Å². The van der Waals surface area contributed by atoms with Crippen molar-refractivity contribution in [1.82, 2.24) is 10.4 Å². The Kier molecular flexibility index (Phi) is 5.98. The molecule has 1 aromatic heterocycles. The summed E-state index contributed by atoms with van der Waals surface area (Å²) < 4.78 is 12.8. The van der Waals surface area contributed by atoms with Gasteiger partial charge in [-0.1, -0.05) is 0 Å². The zero-order chi connectivity index (χ0) is 16.8. The number of thioether (sulfide) groups is 1. The van der Waals surface area contributed by atoms with E-state index in [1.165, 1.54) is 23.9 Å². The Morgan fingerprint density at radius 1 is 1.30 bits per heavy atom. The molecule has 122 valence electrons. The zero-order valence-electron chi connectivity index (χ0n) is 13.4. The van der Waals surface area contributed by atoms with Gasteiger partial charge >= 0.3 is 0 Å². The normalized spacial score (nSPS) is 11.6. The predicted molar refractivity (Wildman–Crippen MR) is 92.4 cm³/mol. The third kappa shape index (κ3) is 4.96. The molecule has 0 radical (unpaired) electrons. The van der Waals surface area contributed by atoms with Crippen LogP contribution in [0.3, 0.4) is 0 Å². The number of nitrogens with zero attached hydrogens (tertiary/aromatic N) is 1. The highest BCUT2D eigenvalue weighted by molar-refractivity contribution is 7.99. The lowest BCUT2D eigenvalue weighted by atomic mass is 10.1. The number of aryl methyl sites for hydroxylation is 2. The lowest BCUT2D eigenvalue weighted by Gasteiger charge is -2.04. The van der Waals surface area contributed by atoms with Crippen molar-refractivity contribution in [2.75, 3.05) is 5.75 Å². The van der Waals surface area contributed by atoms with Crippen LogP contribution >= 0.6 is 11.8 Å². The summed E-state index contributed by atoms with van der Waals surface area (Å²) in [5, 5.41) is 4.16. The molecule has 4 nitrogen and oxygen atoms in total. The molecule has 0 atom stereocenters. The van der Waals surface area contributed by atoms with Gasteiger partial charge < -0.3 is 4.98 Å². The highest BCUT2D eigenvalue weighted by Crippen LogP contribution is 2.18. The van der Waals surface area contributed by atoms with Gasteiger partial charge in [-0.15, -0.1) is 11.8 Å². The van der Waals surface area contributed by atoms with E-state index in [1.54, 1.807) is 12.1 Å². The molecular weight excluding hydrogens is 313 g/mol. The van der Waals surface area contributed by atoms with E-state index in [2.05, 4.69) is 15.5 Å². The summed E-state index contributed by atoms with van der Waals surface area (Å²) >= 11 is 1.51. The molecule has 0 fully saturated rings. The predicted octanol–water partition coefficient (Wildman–Crippen LogP) is 3.79. The third-order valence-electron chi connectivity index (χ3n) is 3.40. The Labute approximate surface area is 139 Å². The molecule has 0 unspecified atom stereocenters. The zero-order valence-corrected chi connectivity index (χ0v) is 14.3. The van der Waals surface area contributed by atoms with Crippen molar-refractivity contribution in [3.63, 3.8) is 0 Å². The van der Waals surface area contributed by atoms with Crippen molar-refractivity contribution >= 4 is 23.4 Å². The highest BCUT2D eigenvalue weighted by Gasteiger charge is 2.08. The molecule has 2 aromatic rings. The molecule has 0 aliphatic rings. The van der Waals surface area contributed by atoms with E-state index in [9.17, 15) is 9.18 Å². The fraction of sp³-hybridized carbons (Fsp3) is 0.294. The van der Waals surface area contributed by atoms with Crippen molar-refractivity contribution in [2.45, 2.75) is 32.1 Å². The number of carbonyl (C=O) groups is 1. The number of H-pyrrole nitrogens is 1. The molecule has 0 saturated heterocycles. The number of carbonyl (C=O) groups excluding carboxylic acids is 1. The Morgan fingerprint density at radius 3 is 2.61 bits per heavy atom. The number of hydrogen-bond donors (Lipinski definition) is 2. The molecule has 0 aliphatic heterocycles. The van der Waals surface area contributed by atoms with E-state index >= 15 is 0 Å². The first-order valence-corrected chi connectivity index (χ1v) is 8.32. The number of hydrazone groups is 1. The second-order valence-electron chi connectivity index (χ2n) is 5.26. The molecule has 0 saturated carbocycles. The fourth-order valence-electron chi connectivity index (χ4n) is 2.26. The summed E-state index contributed by atoms with van der Waals surface area (Å²) in [5.41, 5.74) is 6.53. The average Bonchev–Trinajstić information content (AvgIpc) is 2.86. The van der Waals surface area contributed by atoms with E-state index in [-0.39, 0.29) is 11.7 Å². The van der Waals surface area contributed by atoms with Gasteiger partial charge in [0.2, 0.25) is 5.91 Å². The van der Waals surface area contributed by atoms with E-state index in [4.69, 9.17) is 0 Å². The number of aromatic nitrogens is 1. The maximum absolute atomic E-state index is 12.8. The lowest BCUT2D eigenvalue weighted by molar-refractivity contribution is -0.120. The van der Waals surface area contributed by atoms with Crippen LogP contribution in [0.2, 0.25) is 0 Å². The third-order valence-corrected chi connectivity index (χ3v) is 4.41. The van der Waals surface area contributed by atoms with Crippen molar-refractivity contribution in [2.24, 2.45) is 5.10 Å². The average molecular weight is 333 g/mol. The summed E-state index contributed by atoms with van der Waals surface area (Å²) in [6.07, 6.45) is 2.27. The summed E-state index contributed by atoms with van der Waals surface area (Å²) in [6, 6.07) is 6.24. The van der Waals surface area contributed by atoms with Crippen molar-refractivity contribution < 1.29 is 9.18 Å². The SMILES string of the molecule is C/C(=N\NC(=O)CCSc1ccc(F)cc1)c1c(C)c[nH]c1C. The van der Waals surface area contributed by atoms with Crippen LogP contribution in [0, 0.1) is 19.7 Å². The van der Waals surface area contributed by atoms with Crippen LogP contribution in [0.25, 0.3) is 0 Å². The quantitative estimate of drug-likeness (QED) is 0.480. The molecule has 6 heteroatoms. The minimum Gasteiger partial charge on any atom is -0.364 e. The number of benzene rings is 1. The molecule has 2 N–H and O–H groups in total. The van der Waals surface area contributed by atoms with Gasteiger partial charge in [-0.3, -0.25) is 4.79 Å². The Balaban J connectivity index is 1.81. The number of nitrogens with one attached hydrogen (secondary N) is 2. The van der Waals surface area contributed by atoms with Gasteiger partial charge in [-0.05, 0) is 50.6 Å². The molecule has 2 rings (SSSR count). The van der Waals surface area contributed by atoms with Crippen LogP contribution in [-0.4, -0.2) is 22.4 Å². The molecular formula is C17H20FN3OS. The van der Waals surface area contributed by atoms with Gasteiger partial charge in [0.05, 0.1) is 5.71 Å². The Morgan fingerprint density at radius 2 is 2.00 bits per heavy atom. The number of aromatic amines is 1. The summed E-state index contributed by atoms with van der Waals surface area (Å²) in [7, 11) is 0. The standard InChI is InChI=1S/C17H20FN3OS/c1-11-10-19-12(2)17(11)13(3)20-21-16(22)8-9-23-15-6-4-14(18)5-7-15/h4-7,10,19H,8-9H2,1-3H3,(H,21,22)/b20-13+. The smallest absolute Gasteiger partial charge is 0.240 e. The Bertz CT molecular complexity index is 688. The number of hydrogen-bond acceptors (Lipinski definition) is 3. The second-order valence-corrected chi connectivity index (χ2v) is 6.42. The van der Waals surface area contributed by atoms with Crippen LogP contribution < -0.4 is 5.43 Å². The molecule has 0 aliphatic carbocycles. The number of rotatable bonds is 6. The van der Waals surface area contributed by atoms with Crippen LogP contribution in [0.4, 0.5) is 4.39 Å². The number of amides is 1. The molecule has 1 heterocycles. The monoisotopic (exact) mass is 333 g/mol. The lowest BCUT2D eigenvalue weighted by Crippen LogP contribution is -2.19. The van der Waals surface area contributed by atoms with E-state index < -0.39 is 0 Å². The van der Waals surface area contributed by atoms with E-state index in [0.29, 0.717) is 12.2 Å². The molecule has 0 bridgehead atoms. The van der Waals surface area contributed by atoms with Crippen LogP contribution in [0.1, 0.15) is 30.2 Å². The van der Waals surface area contributed by atoms with Gasteiger partial charge in [-0.25, -0.2) is 9.82 Å². The van der Waals surface area contributed by atoms with Crippen LogP contribution in [0.5, 0.6) is 0 Å². The van der Waals surface area contributed by atoms with Gasteiger partial charge in [0.1, 0.15) is 5.82 Å². The van der Waals surface area contributed by atoms with Gasteiger partial charge in [0.25, 0.3) is 0 Å². The molecule has 1 aromatic carbocycles. The van der Waals surface area contributed by atoms with Crippen molar-refractivity contribution in [1.29, 1.82) is 0 Å². The van der Waals surface area contributed by atoms with E-state index in [1.807, 2.05) is 27.0 Å². The first-order chi connectivity index (χ1) is 11.0. The molecule has 1 amide bonds. The van der Waals surface area contributed by atoms with Gasteiger partial charge in [-0.2, -0.15) is 5.10 Å². The largest absolute Gasteiger partial charge is 0.364 e. The first-order valence-electron chi connectivity index (χ1n) is 7.34. The Hall–Kier alpha value is -2.08. The van der Waals surface area contributed by atoms with Crippen molar-refractivity contribution in [3.8, 4) is 0 Å². The summed E-state index contributed by atoms with van der Waals surface area (Å²) in [5.74, 6) is 0.228. The van der Waals surface area contributed by atoms with Crippen molar-refractivity contribution in [3.05, 3.63) is 53.1 Å². The minimum atomic E-state index is -0.257. The van der Waals surface area contributed by atoms with Crippen LogP contribution in [0.15, 0.2) is 40.5 Å². The van der Waals surface area contributed by atoms with E-state index in [0.717, 1.165) is 27.4 Å². The molecule has 0 spiro atoms. The fourth-order valence-corrected chi connectivity index (χ4v) is 3.12. The maximum atomic E-state index is 12.8. The second kappa shape index (κ2) is 7.97. The molecule has 23 heavy (non-hydrogen) atoms. The maximum Gasteiger partial charge on any atom is 0.240 e. The van der Waals surface area contributed by atoms with Gasteiger partial charge in [0.15, 0.2) is 0 Å². The minimum absolute atomic E-state index is 0.134. The van der Waals surface area contributed by atoms with Crippen LogP contribution in [-0.2, 0) is 4.79 Å². The summed E-state index contributed by atoms with van der Waals surface area (Å²) in [6.45, 7) is 5.85. The first kappa shape index (κ1) is 17.3. The highest BCUT2D eigenvalue weighted by atomic mass is 32.2.